The summed E-state index contributed by atoms with van der Waals surface area (Å²) in [4.78, 5) is 0. The van der Waals surface area contributed by atoms with Crippen LogP contribution in [-0.4, -0.2) is 33.6 Å². The third-order valence-electron chi connectivity index (χ3n) is 3.12. The van der Waals surface area contributed by atoms with E-state index in [2.05, 4.69) is 6.92 Å². The van der Waals surface area contributed by atoms with Crippen LogP contribution in [0, 0.1) is 12.3 Å². The first kappa shape index (κ1) is 15.0. The Labute approximate surface area is 108 Å². The summed E-state index contributed by atoms with van der Waals surface area (Å²) < 4.78 is 0. The Kier molecular flexibility index (Phi) is 6.49. The molecule has 1 aliphatic rings. The van der Waals surface area contributed by atoms with Gasteiger partial charge in [0, 0.05) is 17.4 Å². The number of hydrogen-bond donors (Lipinski definition) is 3. The van der Waals surface area contributed by atoms with Crippen LogP contribution in [0.15, 0.2) is 11.1 Å². The molecular formula is C13H22ClO3. The minimum Gasteiger partial charge on any atom is -0.393 e. The fraction of sp³-hybridized carbons (Fsp3) is 0.769. The maximum atomic E-state index is 9.80. The summed E-state index contributed by atoms with van der Waals surface area (Å²) >= 11 is 6.00. The molecule has 99 valence electrons. The molecule has 17 heavy (non-hydrogen) atoms. The number of unbranched alkanes of at least 4 members (excludes halogenated alkanes) is 2. The van der Waals surface area contributed by atoms with Crippen LogP contribution in [0.2, 0.25) is 0 Å². The smallest absolute Gasteiger partial charge is 0.0892 e. The van der Waals surface area contributed by atoms with Crippen molar-refractivity contribution in [2.45, 2.75) is 57.3 Å². The number of aliphatic hydroxyl groups excluding tert-OH is 3. The average molecular weight is 262 g/mol. The third kappa shape index (κ3) is 4.96. The molecule has 1 fully saturated rings. The van der Waals surface area contributed by atoms with E-state index in [1.54, 1.807) is 12.5 Å². The average Bonchev–Trinajstić information content (AvgIpc) is 2.57. The maximum absolute atomic E-state index is 9.80. The van der Waals surface area contributed by atoms with Gasteiger partial charge in [0.25, 0.3) is 0 Å². The molecule has 3 N–H and O–H groups in total. The van der Waals surface area contributed by atoms with Crippen LogP contribution in [0.3, 0.4) is 0 Å². The molecule has 3 nitrogen and oxygen atoms in total. The zero-order valence-corrected chi connectivity index (χ0v) is 11.0. The van der Waals surface area contributed by atoms with Gasteiger partial charge in [-0.2, -0.15) is 0 Å². The molecule has 0 amide bonds. The van der Waals surface area contributed by atoms with Crippen molar-refractivity contribution in [2.24, 2.45) is 5.92 Å². The van der Waals surface area contributed by atoms with Crippen LogP contribution in [0.25, 0.3) is 0 Å². The molecule has 1 radical (unpaired) electrons. The fourth-order valence-electron chi connectivity index (χ4n) is 2.06. The lowest BCUT2D eigenvalue weighted by Crippen LogP contribution is -2.14. The highest BCUT2D eigenvalue weighted by atomic mass is 35.5. The SMILES string of the molecule is CCCCC[C@H](O)C(Cl)=C[C@@H]1[CH][C@@H](O)C[C@H]1O. The molecule has 1 rings (SSSR count). The number of rotatable bonds is 6. The van der Waals surface area contributed by atoms with Gasteiger partial charge < -0.3 is 15.3 Å². The van der Waals surface area contributed by atoms with Crippen LogP contribution in [0.5, 0.6) is 0 Å². The Balaban J connectivity index is 2.42. The van der Waals surface area contributed by atoms with E-state index in [0.29, 0.717) is 17.9 Å². The van der Waals surface area contributed by atoms with Crippen LogP contribution in [-0.2, 0) is 0 Å². The Morgan fingerprint density at radius 3 is 2.71 bits per heavy atom. The Morgan fingerprint density at radius 1 is 1.47 bits per heavy atom. The summed E-state index contributed by atoms with van der Waals surface area (Å²) in [6.45, 7) is 2.11. The van der Waals surface area contributed by atoms with E-state index >= 15 is 0 Å². The molecule has 0 aromatic heterocycles. The third-order valence-corrected chi connectivity index (χ3v) is 3.50. The monoisotopic (exact) mass is 261 g/mol. The first-order valence-corrected chi connectivity index (χ1v) is 6.68. The van der Waals surface area contributed by atoms with E-state index in [0.717, 1.165) is 19.3 Å². The molecule has 0 aromatic carbocycles. The normalized spacial score (nSPS) is 31.8. The van der Waals surface area contributed by atoms with E-state index in [-0.39, 0.29) is 5.92 Å². The topological polar surface area (TPSA) is 60.7 Å². The number of halogens is 1. The van der Waals surface area contributed by atoms with Gasteiger partial charge in [0.2, 0.25) is 0 Å². The molecule has 0 aromatic rings. The van der Waals surface area contributed by atoms with Gasteiger partial charge in [-0.3, -0.25) is 0 Å². The molecule has 0 unspecified atom stereocenters. The van der Waals surface area contributed by atoms with Gasteiger partial charge in [-0.15, -0.1) is 0 Å². The lowest BCUT2D eigenvalue weighted by atomic mass is 10.0. The van der Waals surface area contributed by atoms with Crippen molar-refractivity contribution in [1.29, 1.82) is 0 Å². The first-order chi connectivity index (χ1) is 8.04. The molecule has 1 aliphatic carbocycles. The second kappa shape index (κ2) is 7.37. The first-order valence-electron chi connectivity index (χ1n) is 6.31. The lowest BCUT2D eigenvalue weighted by molar-refractivity contribution is 0.129. The predicted octanol–water partition coefficient (Wildman–Crippen LogP) is 2.00. The molecule has 0 aliphatic heterocycles. The minimum absolute atomic E-state index is 0.252. The van der Waals surface area contributed by atoms with Crippen molar-refractivity contribution in [2.75, 3.05) is 0 Å². The highest BCUT2D eigenvalue weighted by Crippen LogP contribution is 2.29. The summed E-state index contributed by atoms with van der Waals surface area (Å²) in [5.74, 6) is -0.252. The Hall–Kier alpha value is -0.0900. The van der Waals surface area contributed by atoms with Crippen molar-refractivity contribution in [3.05, 3.63) is 17.5 Å². The quantitative estimate of drug-likeness (QED) is 0.641. The Morgan fingerprint density at radius 2 is 2.18 bits per heavy atom. The second-order valence-electron chi connectivity index (χ2n) is 4.70. The molecule has 0 bridgehead atoms. The van der Waals surface area contributed by atoms with Gasteiger partial charge in [-0.25, -0.2) is 0 Å². The van der Waals surface area contributed by atoms with Gasteiger partial charge in [-0.1, -0.05) is 43.9 Å². The van der Waals surface area contributed by atoms with E-state index in [4.69, 9.17) is 11.6 Å². The number of hydrogen-bond acceptors (Lipinski definition) is 3. The summed E-state index contributed by atoms with van der Waals surface area (Å²) in [7, 11) is 0. The summed E-state index contributed by atoms with van der Waals surface area (Å²) in [5, 5.41) is 29.1. The van der Waals surface area contributed by atoms with Crippen molar-refractivity contribution in [3.63, 3.8) is 0 Å². The van der Waals surface area contributed by atoms with E-state index in [9.17, 15) is 15.3 Å². The van der Waals surface area contributed by atoms with Crippen LogP contribution >= 0.6 is 11.6 Å². The number of aliphatic hydroxyl groups is 3. The van der Waals surface area contributed by atoms with Crippen LogP contribution < -0.4 is 0 Å². The largest absolute Gasteiger partial charge is 0.393 e. The van der Waals surface area contributed by atoms with Gasteiger partial charge in [0.15, 0.2) is 0 Å². The summed E-state index contributed by atoms with van der Waals surface area (Å²) in [5.41, 5.74) is 0. The van der Waals surface area contributed by atoms with Crippen molar-refractivity contribution < 1.29 is 15.3 Å². The standard InChI is InChI=1S/C13H22ClO3/c1-2-3-4-5-12(16)11(14)7-9-6-10(15)8-13(9)17/h6-7,9-10,12-13,15-17H,2-5,8H2,1H3/t9-,10+,12-,13+/m0/s1. The predicted molar refractivity (Wildman–Crippen MR) is 68.5 cm³/mol. The molecule has 4 atom stereocenters. The van der Waals surface area contributed by atoms with Crippen molar-refractivity contribution >= 4 is 11.6 Å². The molecule has 0 spiro atoms. The molecule has 0 heterocycles. The van der Waals surface area contributed by atoms with Gasteiger partial charge in [0.05, 0.1) is 18.3 Å². The fourth-order valence-corrected chi connectivity index (χ4v) is 2.31. The summed E-state index contributed by atoms with van der Waals surface area (Å²) in [6.07, 6.45) is 5.61. The second-order valence-corrected chi connectivity index (χ2v) is 5.14. The van der Waals surface area contributed by atoms with Gasteiger partial charge in [-0.05, 0) is 12.8 Å². The maximum Gasteiger partial charge on any atom is 0.0892 e. The van der Waals surface area contributed by atoms with Gasteiger partial charge in [0.1, 0.15) is 0 Å². The van der Waals surface area contributed by atoms with Crippen molar-refractivity contribution in [3.8, 4) is 0 Å². The van der Waals surface area contributed by atoms with E-state index in [1.165, 1.54) is 0 Å². The molecular weight excluding hydrogens is 240 g/mol. The molecule has 4 heteroatoms. The van der Waals surface area contributed by atoms with Crippen LogP contribution in [0.4, 0.5) is 0 Å². The highest BCUT2D eigenvalue weighted by Gasteiger charge is 2.31. The van der Waals surface area contributed by atoms with Crippen molar-refractivity contribution in [1.82, 2.24) is 0 Å². The van der Waals surface area contributed by atoms with Gasteiger partial charge >= 0.3 is 0 Å². The lowest BCUT2D eigenvalue weighted by Gasteiger charge is -2.13. The Bertz CT molecular complexity index is 255. The zero-order valence-electron chi connectivity index (χ0n) is 10.2. The van der Waals surface area contributed by atoms with Crippen LogP contribution in [0.1, 0.15) is 39.0 Å². The minimum atomic E-state index is -0.651. The van der Waals surface area contributed by atoms with E-state index in [1.807, 2.05) is 0 Å². The zero-order chi connectivity index (χ0) is 12.8. The van der Waals surface area contributed by atoms with E-state index < -0.39 is 18.3 Å². The summed E-state index contributed by atoms with van der Waals surface area (Å²) in [6, 6.07) is 0. The molecule has 1 saturated carbocycles. The highest BCUT2D eigenvalue weighted by molar-refractivity contribution is 6.30. The molecule has 0 saturated heterocycles.